The van der Waals surface area contributed by atoms with Crippen LogP contribution in [0.1, 0.15) is 25.5 Å². The number of hydrogen-bond donors (Lipinski definition) is 0. The third-order valence-corrected chi connectivity index (χ3v) is 5.96. The van der Waals surface area contributed by atoms with Gasteiger partial charge in [-0.2, -0.15) is 0 Å². The van der Waals surface area contributed by atoms with E-state index in [-0.39, 0.29) is 19.1 Å². The molecule has 1 unspecified atom stereocenters. The van der Waals surface area contributed by atoms with E-state index in [1.165, 1.54) is 0 Å². The number of fused-ring (bicyclic) bond motifs is 1. The Balaban J connectivity index is 1.65. The number of amidine groups is 1. The van der Waals surface area contributed by atoms with Gasteiger partial charge in [0.15, 0.2) is 17.5 Å². The standard InChI is InChI=1S/C25H25ClF3N5O2/c1-15-12-33(14-30-15)22-7-4-18(11-23(22)35-3)31-21-10-17(26)13-34-19(8-9-36-32-25(21)34)5-6-20(28)24(29)16(2)27/h4,6-7,10-12,14,19H,5,8-9,13H2,1-3H3. The number of nitrogens with zero attached hydrogens (tertiary/aromatic N) is 5. The van der Waals surface area contributed by atoms with Gasteiger partial charge in [-0.25, -0.2) is 23.1 Å². The number of ether oxygens (including phenoxy) is 1. The number of hydrogen-bond acceptors (Lipinski definition) is 6. The number of benzene rings is 1. The number of imidazole rings is 1. The minimum Gasteiger partial charge on any atom is -0.494 e. The molecule has 2 aromatic rings. The number of aryl methyl sites for hydroxylation is 1. The lowest BCUT2D eigenvalue weighted by atomic mass is 10.0. The van der Waals surface area contributed by atoms with Gasteiger partial charge in [-0.05, 0) is 44.6 Å². The predicted molar refractivity (Wildman–Crippen MR) is 133 cm³/mol. The van der Waals surface area contributed by atoms with Crippen molar-refractivity contribution in [3.8, 4) is 11.4 Å². The number of methoxy groups -OCH3 is 1. The summed E-state index contributed by atoms with van der Waals surface area (Å²) >= 11 is 6.44. The molecule has 0 amide bonds. The number of rotatable bonds is 6. The van der Waals surface area contributed by atoms with E-state index in [1.807, 2.05) is 34.7 Å². The van der Waals surface area contributed by atoms with Crippen molar-refractivity contribution < 1.29 is 22.7 Å². The lowest BCUT2D eigenvalue weighted by Crippen LogP contribution is -2.46. The average Bonchev–Trinajstić information content (AvgIpc) is 3.18. The monoisotopic (exact) mass is 519 g/mol. The van der Waals surface area contributed by atoms with Gasteiger partial charge in [-0.1, -0.05) is 16.8 Å². The van der Waals surface area contributed by atoms with Crippen LogP contribution in [0, 0.1) is 6.92 Å². The van der Waals surface area contributed by atoms with Crippen molar-refractivity contribution >= 4 is 28.8 Å². The maximum atomic E-state index is 14.0. The smallest absolute Gasteiger partial charge is 0.194 e. The van der Waals surface area contributed by atoms with Crippen LogP contribution in [-0.2, 0) is 4.84 Å². The largest absolute Gasteiger partial charge is 0.494 e. The second-order valence-electron chi connectivity index (χ2n) is 8.32. The Morgan fingerprint density at radius 2 is 2.14 bits per heavy atom. The quantitative estimate of drug-likeness (QED) is 0.425. The Hall–Kier alpha value is -3.53. The van der Waals surface area contributed by atoms with Crippen LogP contribution in [0.5, 0.6) is 5.75 Å². The van der Waals surface area contributed by atoms with Gasteiger partial charge in [0.2, 0.25) is 0 Å². The zero-order valence-electron chi connectivity index (χ0n) is 20.0. The van der Waals surface area contributed by atoms with Crippen LogP contribution in [0.4, 0.5) is 18.9 Å². The van der Waals surface area contributed by atoms with Gasteiger partial charge in [0, 0.05) is 29.8 Å². The summed E-state index contributed by atoms with van der Waals surface area (Å²) in [5.74, 6) is -2.95. The second-order valence-corrected chi connectivity index (χ2v) is 8.81. The summed E-state index contributed by atoms with van der Waals surface area (Å²) in [5, 5.41) is 4.71. The van der Waals surface area contributed by atoms with Crippen molar-refractivity contribution in [2.75, 3.05) is 20.3 Å². The molecule has 0 saturated carbocycles. The first kappa shape index (κ1) is 25.6. The van der Waals surface area contributed by atoms with Crippen LogP contribution in [-0.4, -0.2) is 52.3 Å². The molecule has 4 rings (SSSR count). The molecule has 1 aromatic carbocycles. The van der Waals surface area contributed by atoms with E-state index in [2.05, 4.69) is 10.1 Å². The fourth-order valence-electron chi connectivity index (χ4n) is 3.96. The van der Waals surface area contributed by atoms with Crippen LogP contribution < -0.4 is 4.74 Å². The maximum Gasteiger partial charge on any atom is 0.194 e. The fourth-order valence-corrected chi connectivity index (χ4v) is 4.19. The Bertz CT molecular complexity index is 1290. The molecule has 1 aromatic heterocycles. The van der Waals surface area contributed by atoms with Crippen molar-refractivity contribution in [1.82, 2.24) is 14.5 Å². The lowest BCUT2D eigenvalue weighted by Gasteiger charge is -2.33. The van der Waals surface area contributed by atoms with E-state index in [1.54, 1.807) is 25.6 Å². The highest BCUT2D eigenvalue weighted by atomic mass is 35.5. The topological polar surface area (TPSA) is 64.2 Å². The van der Waals surface area contributed by atoms with Crippen molar-refractivity contribution in [3.63, 3.8) is 0 Å². The van der Waals surface area contributed by atoms with Gasteiger partial charge in [-0.3, -0.25) is 0 Å². The minimum absolute atomic E-state index is 0.0964. The third kappa shape index (κ3) is 5.64. The number of halogens is 4. The van der Waals surface area contributed by atoms with E-state index in [0.717, 1.165) is 24.4 Å². The molecule has 7 nitrogen and oxygen atoms in total. The summed E-state index contributed by atoms with van der Waals surface area (Å²) < 4.78 is 48.1. The summed E-state index contributed by atoms with van der Waals surface area (Å²) in [4.78, 5) is 16.2. The Labute approximate surface area is 211 Å². The van der Waals surface area contributed by atoms with Crippen LogP contribution in [0.25, 0.3) is 5.69 Å². The minimum atomic E-state index is -1.50. The number of aromatic nitrogens is 2. The summed E-state index contributed by atoms with van der Waals surface area (Å²) in [6.07, 6.45) is 6.87. The SMILES string of the molecule is COc1cc(N=C2C=C(Cl)CN3C2=NOCCC3CC=C(F)C(F)=C(C)F)ccc1-n1cnc(C)c1. The molecule has 36 heavy (non-hydrogen) atoms. The van der Waals surface area contributed by atoms with Crippen molar-refractivity contribution in [3.05, 3.63) is 71.1 Å². The van der Waals surface area contributed by atoms with Crippen LogP contribution in [0.2, 0.25) is 0 Å². The molecule has 0 bridgehead atoms. The summed E-state index contributed by atoms with van der Waals surface area (Å²) in [7, 11) is 1.57. The molecular weight excluding hydrogens is 495 g/mol. The van der Waals surface area contributed by atoms with Crippen molar-refractivity contribution in [1.29, 1.82) is 0 Å². The lowest BCUT2D eigenvalue weighted by molar-refractivity contribution is 0.141. The summed E-state index contributed by atoms with van der Waals surface area (Å²) in [6, 6.07) is 5.14. The molecule has 190 valence electrons. The average molecular weight is 520 g/mol. The Morgan fingerprint density at radius 3 is 2.83 bits per heavy atom. The van der Waals surface area contributed by atoms with E-state index in [4.69, 9.17) is 26.2 Å². The zero-order chi connectivity index (χ0) is 25.8. The van der Waals surface area contributed by atoms with Crippen LogP contribution in [0.3, 0.4) is 0 Å². The summed E-state index contributed by atoms with van der Waals surface area (Å²) in [6.45, 7) is 3.32. The van der Waals surface area contributed by atoms with E-state index in [9.17, 15) is 13.2 Å². The fraction of sp³-hybridized carbons (Fsp3) is 0.320. The van der Waals surface area contributed by atoms with E-state index >= 15 is 0 Å². The first-order chi connectivity index (χ1) is 17.3. The van der Waals surface area contributed by atoms with Gasteiger partial charge in [0.1, 0.15) is 23.9 Å². The Kier molecular flexibility index (Phi) is 7.83. The van der Waals surface area contributed by atoms with Gasteiger partial charge in [-0.15, -0.1) is 0 Å². The van der Waals surface area contributed by atoms with Gasteiger partial charge < -0.3 is 19.0 Å². The van der Waals surface area contributed by atoms with Crippen LogP contribution in [0.15, 0.2) is 75.5 Å². The molecule has 11 heteroatoms. The molecule has 0 spiro atoms. The number of allylic oxidation sites excluding steroid dienone is 3. The van der Waals surface area contributed by atoms with E-state index < -0.39 is 17.5 Å². The predicted octanol–water partition coefficient (Wildman–Crippen LogP) is 6.22. The van der Waals surface area contributed by atoms with Crippen LogP contribution >= 0.6 is 11.6 Å². The molecule has 3 heterocycles. The molecule has 0 saturated heterocycles. The Morgan fingerprint density at radius 1 is 1.33 bits per heavy atom. The molecule has 0 aliphatic carbocycles. The van der Waals surface area contributed by atoms with Gasteiger partial charge >= 0.3 is 0 Å². The molecule has 0 N–H and O–H groups in total. The first-order valence-electron chi connectivity index (χ1n) is 11.3. The molecule has 0 fully saturated rings. The zero-order valence-corrected chi connectivity index (χ0v) is 20.8. The summed E-state index contributed by atoms with van der Waals surface area (Å²) in [5.41, 5.74) is 2.71. The highest BCUT2D eigenvalue weighted by molar-refractivity contribution is 6.49. The molecule has 0 radical (unpaired) electrons. The highest BCUT2D eigenvalue weighted by Crippen LogP contribution is 2.30. The van der Waals surface area contributed by atoms with Gasteiger partial charge in [0.05, 0.1) is 37.1 Å². The number of aliphatic imine (C=N–C) groups is 1. The van der Waals surface area contributed by atoms with Gasteiger partial charge in [0.25, 0.3) is 0 Å². The maximum absolute atomic E-state index is 14.0. The molecule has 2 aliphatic heterocycles. The molecule has 2 aliphatic rings. The highest BCUT2D eigenvalue weighted by Gasteiger charge is 2.31. The molecule has 1 atom stereocenters. The van der Waals surface area contributed by atoms with E-state index in [0.29, 0.717) is 41.0 Å². The van der Waals surface area contributed by atoms with Crippen molar-refractivity contribution in [2.45, 2.75) is 32.7 Å². The first-order valence-corrected chi connectivity index (χ1v) is 11.6. The van der Waals surface area contributed by atoms with Crippen molar-refractivity contribution in [2.24, 2.45) is 10.1 Å². The second kappa shape index (κ2) is 11.0. The normalized spacial score (nSPS) is 20.2. The third-order valence-electron chi connectivity index (χ3n) is 5.73. The molecular formula is C25H25ClF3N5O2. The number of oxime groups is 1.